The molecule has 1 amide bonds. The zero-order valence-corrected chi connectivity index (χ0v) is 9.77. The van der Waals surface area contributed by atoms with Crippen molar-refractivity contribution in [3.8, 4) is 5.88 Å². The zero-order chi connectivity index (χ0) is 12.0. The smallest absolute Gasteiger partial charge is 0.253 e. The molecule has 1 aromatic rings. The monoisotopic (exact) mass is 224 g/mol. The van der Waals surface area contributed by atoms with Crippen LogP contribution in [0.1, 0.15) is 10.4 Å². The summed E-state index contributed by atoms with van der Waals surface area (Å²) in [4.78, 5) is 17.2. The second-order valence-corrected chi connectivity index (χ2v) is 3.42. The SMILES string of the molecule is COCCOc1cc(C(=O)N(C)C)ccn1. The van der Waals surface area contributed by atoms with Crippen molar-refractivity contribution in [3.63, 3.8) is 0 Å². The minimum Gasteiger partial charge on any atom is -0.475 e. The Bertz CT molecular complexity index is 353. The fraction of sp³-hybridized carbons (Fsp3) is 0.455. The molecule has 0 saturated carbocycles. The normalized spacial score (nSPS) is 9.94. The minimum atomic E-state index is -0.0704. The van der Waals surface area contributed by atoms with E-state index in [1.165, 1.54) is 4.90 Å². The molecule has 1 heterocycles. The lowest BCUT2D eigenvalue weighted by Crippen LogP contribution is -2.21. The van der Waals surface area contributed by atoms with E-state index in [1.807, 2.05) is 0 Å². The molecule has 0 aliphatic heterocycles. The Hall–Kier alpha value is -1.62. The van der Waals surface area contributed by atoms with Crippen molar-refractivity contribution in [1.82, 2.24) is 9.88 Å². The molecule has 0 N–H and O–H groups in total. The lowest BCUT2D eigenvalue weighted by molar-refractivity contribution is 0.0826. The number of pyridine rings is 1. The fourth-order valence-corrected chi connectivity index (χ4v) is 1.11. The van der Waals surface area contributed by atoms with Crippen LogP contribution < -0.4 is 4.74 Å². The first-order chi connectivity index (χ1) is 7.65. The number of methoxy groups -OCH3 is 1. The quantitative estimate of drug-likeness (QED) is 0.694. The molecule has 0 bridgehead atoms. The van der Waals surface area contributed by atoms with Gasteiger partial charge in [0.2, 0.25) is 5.88 Å². The summed E-state index contributed by atoms with van der Waals surface area (Å²) in [5, 5.41) is 0. The molecule has 88 valence electrons. The molecule has 0 saturated heterocycles. The van der Waals surface area contributed by atoms with Crippen molar-refractivity contribution in [1.29, 1.82) is 0 Å². The Morgan fingerprint density at radius 2 is 2.19 bits per heavy atom. The van der Waals surface area contributed by atoms with Gasteiger partial charge in [-0.15, -0.1) is 0 Å². The number of amides is 1. The van der Waals surface area contributed by atoms with E-state index < -0.39 is 0 Å². The Morgan fingerprint density at radius 1 is 1.44 bits per heavy atom. The molecule has 0 atom stereocenters. The highest BCUT2D eigenvalue weighted by atomic mass is 16.5. The maximum Gasteiger partial charge on any atom is 0.253 e. The van der Waals surface area contributed by atoms with Crippen molar-refractivity contribution >= 4 is 5.91 Å². The number of carbonyl (C=O) groups is 1. The Labute approximate surface area is 95.0 Å². The Kier molecular flexibility index (Phi) is 4.72. The van der Waals surface area contributed by atoms with Gasteiger partial charge in [0.25, 0.3) is 5.91 Å². The number of carbonyl (C=O) groups excluding carboxylic acids is 1. The number of nitrogens with zero attached hydrogens (tertiary/aromatic N) is 2. The standard InChI is InChI=1S/C11H16N2O3/c1-13(2)11(14)9-4-5-12-10(8-9)16-7-6-15-3/h4-5,8H,6-7H2,1-3H3. The highest BCUT2D eigenvalue weighted by molar-refractivity contribution is 5.94. The number of rotatable bonds is 5. The van der Waals surface area contributed by atoms with E-state index in [2.05, 4.69) is 4.98 Å². The molecule has 0 radical (unpaired) electrons. The van der Waals surface area contributed by atoms with Gasteiger partial charge in [-0.1, -0.05) is 0 Å². The average Bonchev–Trinajstić information content (AvgIpc) is 2.29. The van der Waals surface area contributed by atoms with Crippen molar-refractivity contribution in [2.24, 2.45) is 0 Å². The van der Waals surface area contributed by atoms with Gasteiger partial charge in [0.1, 0.15) is 6.61 Å². The first-order valence-corrected chi connectivity index (χ1v) is 4.94. The van der Waals surface area contributed by atoms with Crippen molar-refractivity contribution in [2.75, 3.05) is 34.4 Å². The van der Waals surface area contributed by atoms with Gasteiger partial charge < -0.3 is 14.4 Å². The predicted octanol–water partition coefficient (Wildman–Crippen LogP) is 0.809. The average molecular weight is 224 g/mol. The first kappa shape index (κ1) is 12.4. The molecule has 1 rings (SSSR count). The number of ether oxygens (including phenoxy) is 2. The van der Waals surface area contributed by atoms with Gasteiger partial charge in [-0.2, -0.15) is 0 Å². The Morgan fingerprint density at radius 3 is 2.81 bits per heavy atom. The molecule has 0 aliphatic carbocycles. The molecule has 1 aromatic heterocycles. The van der Waals surface area contributed by atoms with Gasteiger partial charge in [-0.3, -0.25) is 4.79 Å². The van der Waals surface area contributed by atoms with Crippen LogP contribution in [0.5, 0.6) is 5.88 Å². The maximum atomic E-state index is 11.6. The zero-order valence-electron chi connectivity index (χ0n) is 9.77. The largest absolute Gasteiger partial charge is 0.475 e. The van der Waals surface area contributed by atoms with Gasteiger partial charge in [0.05, 0.1) is 6.61 Å². The molecular weight excluding hydrogens is 208 g/mol. The topological polar surface area (TPSA) is 51.7 Å². The predicted molar refractivity (Wildman–Crippen MR) is 59.6 cm³/mol. The maximum absolute atomic E-state index is 11.6. The summed E-state index contributed by atoms with van der Waals surface area (Å²) in [6.07, 6.45) is 1.55. The lowest BCUT2D eigenvalue weighted by Gasteiger charge is -2.11. The van der Waals surface area contributed by atoms with Crippen molar-refractivity contribution in [3.05, 3.63) is 23.9 Å². The van der Waals surface area contributed by atoms with Crippen LogP contribution in [-0.4, -0.2) is 50.2 Å². The lowest BCUT2D eigenvalue weighted by atomic mass is 10.2. The molecular formula is C11H16N2O3. The van der Waals surface area contributed by atoms with Gasteiger partial charge in [0.15, 0.2) is 0 Å². The molecule has 0 aliphatic rings. The van der Waals surface area contributed by atoms with E-state index in [0.717, 1.165) is 0 Å². The van der Waals surface area contributed by atoms with Gasteiger partial charge in [-0.25, -0.2) is 4.98 Å². The molecule has 0 unspecified atom stereocenters. The number of hydrogen-bond donors (Lipinski definition) is 0. The Balaban J connectivity index is 2.67. The molecule has 0 spiro atoms. The van der Waals surface area contributed by atoms with E-state index in [1.54, 1.807) is 39.5 Å². The summed E-state index contributed by atoms with van der Waals surface area (Å²) in [7, 11) is 5.01. The second kappa shape index (κ2) is 6.07. The second-order valence-electron chi connectivity index (χ2n) is 3.42. The van der Waals surface area contributed by atoms with E-state index in [4.69, 9.17) is 9.47 Å². The highest BCUT2D eigenvalue weighted by Gasteiger charge is 2.09. The summed E-state index contributed by atoms with van der Waals surface area (Å²) >= 11 is 0. The number of aromatic nitrogens is 1. The molecule has 0 aromatic carbocycles. The van der Waals surface area contributed by atoms with Crippen molar-refractivity contribution in [2.45, 2.75) is 0 Å². The van der Waals surface area contributed by atoms with Crippen LogP contribution >= 0.6 is 0 Å². The third-order valence-electron chi connectivity index (χ3n) is 1.93. The molecule has 16 heavy (non-hydrogen) atoms. The third-order valence-corrected chi connectivity index (χ3v) is 1.93. The van der Waals surface area contributed by atoms with Gasteiger partial charge in [0, 0.05) is 39.0 Å². The minimum absolute atomic E-state index is 0.0704. The van der Waals surface area contributed by atoms with Crippen LogP contribution in [-0.2, 0) is 4.74 Å². The third kappa shape index (κ3) is 3.51. The first-order valence-electron chi connectivity index (χ1n) is 4.94. The van der Waals surface area contributed by atoms with E-state index in [9.17, 15) is 4.79 Å². The molecule has 5 heteroatoms. The molecule has 5 nitrogen and oxygen atoms in total. The van der Waals surface area contributed by atoms with Gasteiger partial charge in [-0.05, 0) is 6.07 Å². The number of hydrogen-bond acceptors (Lipinski definition) is 4. The highest BCUT2D eigenvalue weighted by Crippen LogP contribution is 2.10. The summed E-state index contributed by atoms with van der Waals surface area (Å²) in [5.41, 5.74) is 0.562. The van der Waals surface area contributed by atoms with E-state index in [-0.39, 0.29) is 5.91 Å². The summed E-state index contributed by atoms with van der Waals surface area (Å²) < 4.78 is 10.2. The van der Waals surface area contributed by atoms with Crippen LogP contribution in [0, 0.1) is 0 Å². The van der Waals surface area contributed by atoms with Crippen molar-refractivity contribution < 1.29 is 14.3 Å². The van der Waals surface area contributed by atoms with Crippen LogP contribution in [0.4, 0.5) is 0 Å². The van der Waals surface area contributed by atoms with Crippen LogP contribution in [0.2, 0.25) is 0 Å². The fourth-order valence-electron chi connectivity index (χ4n) is 1.11. The van der Waals surface area contributed by atoms with Crippen LogP contribution in [0.25, 0.3) is 0 Å². The molecule has 0 fully saturated rings. The van der Waals surface area contributed by atoms with E-state index >= 15 is 0 Å². The van der Waals surface area contributed by atoms with Gasteiger partial charge >= 0.3 is 0 Å². The van der Waals surface area contributed by atoms with E-state index in [0.29, 0.717) is 24.7 Å². The summed E-state index contributed by atoms with van der Waals surface area (Å²) in [6.45, 7) is 0.913. The van der Waals surface area contributed by atoms with Crippen LogP contribution in [0.3, 0.4) is 0 Å². The van der Waals surface area contributed by atoms with Crippen LogP contribution in [0.15, 0.2) is 18.3 Å². The summed E-state index contributed by atoms with van der Waals surface area (Å²) in [6, 6.07) is 3.28. The summed E-state index contributed by atoms with van der Waals surface area (Å²) in [5.74, 6) is 0.365.